The van der Waals surface area contributed by atoms with Crippen LogP contribution < -0.4 is 20.7 Å². The van der Waals surface area contributed by atoms with Gasteiger partial charge in [0.1, 0.15) is 35.4 Å². The van der Waals surface area contributed by atoms with Gasteiger partial charge in [0.2, 0.25) is 17.7 Å². The first-order valence-electron chi connectivity index (χ1n) is 23.1. The Labute approximate surface area is 376 Å². The van der Waals surface area contributed by atoms with Gasteiger partial charge < -0.3 is 25.2 Å². The molecule has 7 heterocycles. The van der Waals surface area contributed by atoms with E-state index in [1.807, 2.05) is 65.3 Å². The number of imide groups is 2. The number of rotatable bonds is 8. The Balaban J connectivity index is 0.677. The highest BCUT2D eigenvalue weighted by molar-refractivity contribution is 6.23. The molecule has 16 nitrogen and oxygen atoms in total. The van der Waals surface area contributed by atoms with Crippen LogP contribution in [0.25, 0.3) is 22.3 Å². The number of aromatic nitrogens is 4. The van der Waals surface area contributed by atoms with Crippen LogP contribution in [0.4, 0.5) is 11.5 Å². The summed E-state index contributed by atoms with van der Waals surface area (Å²) in [4.78, 5) is 81.9. The lowest BCUT2D eigenvalue weighted by Crippen LogP contribution is -2.57. The molecule has 0 radical (unpaired) electrons. The van der Waals surface area contributed by atoms with Gasteiger partial charge >= 0.3 is 0 Å². The second-order valence-electron chi connectivity index (χ2n) is 18.8. The maximum Gasteiger partial charge on any atom is 0.262 e. The van der Waals surface area contributed by atoms with E-state index in [1.165, 1.54) is 6.33 Å². The van der Waals surface area contributed by atoms with E-state index in [2.05, 4.69) is 30.0 Å². The highest BCUT2D eigenvalue weighted by Crippen LogP contribution is 2.52. The van der Waals surface area contributed by atoms with E-state index in [0.29, 0.717) is 57.4 Å². The third-order valence-electron chi connectivity index (χ3n) is 15.0. The topological polar surface area (TPSA) is 189 Å². The van der Waals surface area contributed by atoms with Gasteiger partial charge in [0, 0.05) is 55.8 Å². The van der Waals surface area contributed by atoms with Crippen LogP contribution >= 0.6 is 0 Å². The number of likely N-dealkylation sites (tertiary alicyclic amines) is 2. The number of nitrogens with one attached hydrogen (secondary N) is 1. The SMILES string of the molecule is Nc1ncnc2c1c(-c1ccc(Oc3ccccc3)cc1)nn2[C@@H]1CCCN(C(=O)C2CCN(C3CC4(CCN(c5ccc6c(c5)C(=O)N(C5CCC(=O)NC5=O)C6=O)CC4)C3)CC2)C1. The largest absolute Gasteiger partial charge is 0.457 e. The van der Waals surface area contributed by atoms with Gasteiger partial charge in [0.15, 0.2) is 5.65 Å². The van der Waals surface area contributed by atoms with Gasteiger partial charge in [-0.25, -0.2) is 14.6 Å². The molecule has 2 aromatic heterocycles. The minimum absolute atomic E-state index is 0.00684. The highest BCUT2D eigenvalue weighted by Gasteiger charge is 2.49. The zero-order chi connectivity index (χ0) is 44.4. The molecule has 334 valence electrons. The summed E-state index contributed by atoms with van der Waals surface area (Å²) >= 11 is 0. The molecule has 6 aliphatic rings. The molecule has 16 heteroatoms. The minimum atomic E-state index is -0.974. The molecule has 5 fully saturated rings. The molecule has 2 atom stereocenters. The fourth-order valence-electron chi connectivity index (χ4n) is 11.4. The summed E-state index contributed by atoms with van der Waals surface area (Å²) in [5, 5.41) is 8.07. The normalized spacial score (nSPS) is 22.9. The number of nitrogen functional groups attached to an aromatic ring is 1. The molecule has 1 aliphatic carbocycles. The van der Waals surface area contributed by atoms with Crippen LogP contribution in [0.1, 0.15) is 91.0 Å². The first kappa shape index (κ1) is 41.1. The number of ether oxygens (including phenoxy) is 1. The van der Waals surface area contributed by atoms with Gasteiger partial charge in [-0.3, -0.25) is 34.2 Å². The smallest absolute Gasteiger partial charge is 0.262 e. The van der Waals surface area contributed by atoms with Crippen molar-refractivity contribution in [2.45, 2.75) is 82.3 Å². The van der Waals surface area contributed by atoms with Crippen molar-refractivity contribution in [3.63, 3.8) is 0 Å². The minimum Gasteiger partial charge on any atom is -0.457 e. The van der Waals surface area contributed by atoms with E-state index in [4.69, 9.17) is 15.6 Å². The average Bonchev–Trinajstić information content (AvgIpc) is 3.83. The molecule has 4 saturated heterocycles. The first-order chi connectivity index (χ1) is 31.6. The van der Waals surface area contributed by atoms with Crippen LogP contribution in [0.15, 0.2) is 79.1 Å². The van der Waals surface area contributed by atoms with Crippen LogP contribution in [0, 0.1) is 11.3 Å². The predicted octanol–water partition coefficient (Wildman–Crippen LogP) is 5.59. The average molecular weight is 877 g/mol. The Kier molecular flexibility index (Phi) is 10.4. The lowest BCUT2D eigenvalue weighted by Gasteiger charge is -2.56. The van der Waals surface area contributed by atoms with E-state index >= 15 is 0 Å². The fraction of sp³-hybridized carbons (Fsp3) is 0.429. The van der Waals surface area contributed by atoms with Crippen molar-refractivity contribution in [2.75, 3.05) is 49.9 Å². The lowest BCUT2D eigenvalue weighted by atomic mass is 9.59. The fourth-order valence-corrected chi connectivity index (χ4v) is 11.4. The number of nitrogens with zero attached hydrogens (tertiary/aromatic N) is 8. The second kappa shape index (κ2) is 16.4. The number of benzene rings is 3. The van der Waals surface area contributed by atoms with Gasteiger partial charge in [-0.05, 0) is 131 Å². The number of hydrogen-bond donors (Lipinski definition) is 2. The number of anilines is 2. The van der Waals surface area contributed by atoms with E-state index in [9.17, 15) is 24.0 Å². The van der Waals surface area contributed by atoms with Crippen LogP contribution in [-0.2, 0) is 14.4 Å². The standard InChI is InChI=1S/C49H52N10O6/c50-43-41-42(30-8-11-36(12-9-30)65-35-6-2-1-3-7-35)54-59(44(41)52-29-51-43)33-5-4-20-57(28-33)46(62)31-16-21-55(22-17-31)34-26-49(27-34)18-23-56(24-19-49)32-10-13-37-38(25-32)48(64)58(47(37)63)39-14-15-40(60)53-45(39)61/h1-3,6-13,25,29,31,33-34,39H,4-5,14-24,26-28H2,(H2,50,51,52)(H,53,60,61)/t33-,39?/m1/s1. The van der Waals surface area contributed by atoms with E-state index < -0.39 is 23.8 Å². The summed E-state index contributed by atoms with van der Waals surface area (Å²) in [6, 6.07) is 22.4. The number of para-hydroxylation sites is 1. The molecule has 3 aromatic carbocycles. The van der Waals surface area contributed by atoms with Crippen molar-refractivity contribution >= 4 is 52.1 Å². The lowest BCUT2D eigenvalue weighted by molar-refractivity contribution is -0.140. The number of carbonyl (C=O) groups excluding carboxylic acids is 5. The molecule has 5 amide bonds. The Morgan fingerprint density at radius 3 is 2.28 bits per heavy atom. The molecule has 5 aliphatic heterocycles. The summed E-state index contributed by atoms with van der Waals surface area (Å²) in [5.74, 6) is 0.144. The number of carbonyl (C=O) groups is 5. The van der Waals surface area contributed by atoms with Gasteiger partial charge in [0.05, 0.1) is 22.6 Å². The third-order valence-corrected chi connectivity index (χ3v) is 15.0. The Morgan fingerprint density at radius 1 is 0.785 bits per heavy atom. The molecule has 1 saturated carbocycles. The van der Waals surface area contributed by atoms with Gasteiger partial charge in [-0.2, -0.15) is 5.10 Å². The molecule has 3 N–H and O–H groups in total. The van der Waals surface area contributed by atoms with Gasteiger partial charge in [-0.15, -0.1) is 0 Å². The van der Waals surface area contributed by atoms with Crippen molar-refractivity contribution in [3.05, 3.63) is 90.3 Å². The molecular weight excluding hydrogens is 825 g/mol. The van der Waals surface area contributed by atoms with E-state index in [0.717, 1.165) is 106 Å². The Morgan fingerprint density at radius 2 is 1.52 bits per heavy atom. The molecule has 1 spiro atoms. The predicted molar refractivity (Wildman–Crippen MR) is 241 cm³/mol. The number of amides is 5. The van der Waals surface area contributed by atoms with Crippen molar-refractivity contribution in [1.29, 1.82) is 0 Å². The number of nitrogens with two attached hydrogens (primary N) is 1. The zero-order valence-electron chi connectivity index (χ0n) is 36.2. The van der Waals surface area contributed by atoms with Crippen molar-refractivity contribution in [3.8, 4) is 22.8 Å². The first-order valence-corrected chi connectivity index (χ1v) is 23.1. The monoisotopic (exact) mass is 876 g/mol. The summed E-state index contributed by atoms with van der Waals surface area (Å²) in [5.41, 5.74) is 10.6. The van der Waals surface area contributed by atoms with Crippen LogP contribution in [0.5, 0.6) is 11.5 Å². The molecule has 5 aromatic rings. The number of hydrogen-bond acceptors (Lipinski definition) is 12. The van der Waals surface area contributed by atoms with Crippen molar-refractivity contribution in [2.24, 2.45) is 11.3 Å². The molecule has 1 unspecified atom stereocenters. The van der Waals surface area contributed by atoms with E-state index in [1.54, 1.807) is 12.1 Å². The van der Waals surface area contributed by atoms with Crippen molar-refractivity contribution < 1.29 is 28.7 Å². The second-order valence-corrected chi connectivity index (χ2v) is 18.8. The third kappa shape index (κ3) is 7.46. The quantitative estimate of drug-likeness (QED) is 0.184. The van der Waals surface area contributed by atoms with Crippen LogP contribution in [-0.4, -0.2) is 115 Å². The number of piperidine rings is 4. The zero-order valence-corrected chi connectivity index (χ0v) is 36.2. The molecule has 0 bridgehead atoms. The van der Waals surface area contributed by atoms with Crippen molar-refractivity contribution in [1.82, 2.24) is 39.8 Å². The summed E-state index contributed by atoms with van der Waals surface area (Å²) in [7, 11) is 0. The summed E-state index contributed by atoms with van der Waals surface area (Å²) in [6.07, 6.45) is 9.63. The van der Waals surface area contributed by atoms with Crippen LogP contribution in [0.3, 0.4) is 0 Å². The Bertz CT molecular complexity index is 2700. The van der Waals surface area contributed by atoms with Crippen LogP contribution in [0.2, 0.25) is 0 Å². The molecular formula is C49H52N10O6. The Hall–Kier alpha value is -6.68. The van der Waals surface area contributed by atoms with Gasteiger partial charge in [-0.1, -0.05) is 18.2 Å². The summed E-state index contributed by atoms with van der Waals surface area (Å²) in [6.45, 7) is 4.90. The maximum absolute atomic E-state index is 14.1. The van der Waals surface area contributed by atoms with Gasteiger partial charge in [0.25, 0.3) is 11.8 Å². The molecule has 65 heavy (non-hydrogen) atoms. The number of fused-ring (bicyclic) bond motifs is 2. The summed E-state index contributed by atoms with van der Waals surface area (Å²) < 4.78 is 7.98. The highest BCUT2D eigenvalue weighted by atomic mass is 16.5. The van der Waals surface area contributed by atoms with E-state index in [-0.39, 0.29) is 36.6 Å². The molecule has 11 rings (SSSR count). The maximum atomic E-state index is 14.1.